The van der Waals surface area contributed by atoms with Crippen LogP contribution in [0.3, 0.4) is 0 Å². The van der Waals surface area contributed by atoms with Crippen molar-refractivity contribution in [3.05, 3.63) is 35.9 Å². The average molecular weight is 283 g/mol. The zero-order valence-corrected chi connectivity index (χ0v) is 11.5. The lowest BCUT2D eigenvalue weighted by Gasteiger charge is -2.19. The highest BCUT2D eigenvalue weighted by atomic mass is 35.5. The van der Waals surface area contributed by atoms with Crippen molar-refractivity contribution >= 4 is 18.5 Å². The van der Waals surface area contributed by atoms with Gasteiger partial charge in [-0.05, 0) is 31.4 Å². The van der Waals surface area contributed by atoms with Gasteiger partial charge >= 0.3 is 6.09 Å². The minimum Gasteiger partial charge on any atom is -0.445 e. The van der Waals surface area contributed by atoms with E-state index in [1.807, 2.05) is 30.3 Å². The van der Waals surface area contributed by atoms with E-state index in [1.165, 1.54) is 0 Å². The van der Waals surface area contributed by atoms with Gasteiger partial charge in [0, 0.05) is 5.54 Å². The molecule has 2 aliphatic rings. The Hall–Kier alpha value is -1.26. The van der Waals surface area contributed by atoms with Gasteiger partial charge in [-0.2, -0.15) is 0 Å². The molecule has 2 N–H and O–H groups in total. The maximum Gasteiger partial charge on any atom is 0.407 e. The summed E-state index contributed by atoms with van der Waals surface area (Å²) in [5.41, 5.74) is 1.20. The number of hydrogen-bond donors (Lipinski definition) is 2. The quantitative estimate of drug-likeness (QED) is 0.894. The van der Waals surface area contributed by atoms with Gasteiger partial charge in [0.05, 0.1) is 6.04 Å². The van der Waals surface area contributed by atoms with E-state index in [1.54, 1.807) is 0 Å². The molecule has 1 aromatic rings. The Bertz CT molecular complexity index is 434. The smallest absolute Gasteiger partial charge is 0.407 e. The topological polar surface area (TPSA) is 50.4 Å². The Morgan fingerprint density at radius 3 is 2.79 bits per heavy atom. The molecule has 104 valence electrons. The van der Waals surface area contributed by atoms with E-state index < -0.39 is 0 Å². The van der Waals surface area contributed by atoms with Gasteiger partial charge in [-0.3, -0.25) is 0 Å². The maximum atomic E-state index is 11.7. The number of halogens is 1. The highest BCUT2D eigenvalue weighted by molar-refractivity contribution is 5.85. The highest BCUT2D eigenvalue weighted by Crippen LogP contribution is 2.42. The Kier molecular flexibility index (Phi) is 4.32. The van der Waals surface area contributed by atoms with E-state index in [9.17, 15) is 4.79 Å². The van der Waals surface area contributed by atoms with E-state index in [0.717, 1.165) is 31.4 Å². The van der Waals surface area contributed by atoms with Crippen LogP contribution in [0.25, 0.3) is 0 Å². The molecule has 3 rings (SSSR count). The molecule has 2 fully saturated rings. The number of alkyl carbamates (subject to hydrolysis) is 1. The SMILES string of the molecule is Cl.O=C(NC1CCNC12CC2)OCc1ccccc1. The molecule has 1 aliphatic carbocycles. The molecule has 1 saturated heterocycles. The molecule has 1 saturated carbocycles. The molecule has 1 amide bonds. The standard InChI is InChI=1S/C14H18N2O2.ClH/c17-13(18-10-11-4-2-1-3-5-11)16-12-6-9-15-14(12)7-8-14;/h1-5,12,15H,6-10H2,(H,16,17);1H. The fourth-order valence-corrected chi connectivity index (χ4v) is 2.64. The molecule has 4 nitrogen and oxygen atoms in total. The first-order valence-corrected chi connectivity index (χ1v) is 6.51. The minimum absolute atomic E-state index is 0. The van der Waals surface area contributed by atoms with E-state index in [4.69, 9.17) is 4.74 Å². The second-order valence-corrected chi connectivity index (χ2v) is 5.13. The van der Waals surface area contributed by atoms with Crippen LogP contribution in [0.2, 0.25) is 0 Å². The summed E-state index contributed by atoms with van der Waals surface area (Å²) < 4.78 is 5.23. The van der Waals surface area contributed by atoms with Gasteiger partial charge < -0.3 is 15.4 Å². The average Bonchev–Trinajstić information content (AvgIpc) is 3.07. The van der Waals surface area contributed by atoms with Crippen LogP contribution in [0.1, 0.15) is 24.8 Å². The van der Waals surface area contributed by atoms with Crippen molar-refractivity contribution < 1.29 is 9.53 Å². The summed E-state index contributed by atoms with van der Waals surface area (Å²) in [7, 11) is 0. The molecule has 19 heavy (non-hydrogen) atoms. The van der Waals surface area contributed by atoms with E-state index in [2.05, 4.69) is 10.6 Å². The summed E-state index contributed by atoms with van der Waals surface area (Å²) in [6, 6.07) is 9.97. The number of carbonyl (C=O) groups is 1. The molecule has 1 atom stereocenters. The van der Waals surface area contributed by atoms with Gasteiger partial charge in [0.15, 0.2) is 0 Å². The molecule has 1 aromatic carbocycles. The maximum absolute atomic E-state index is 11.7. The summed E-state index contributed by atoms with van der Waals surface area (Å²) in [6.45, 7) is 1.32. The van der Waals surface area contributed by atoms with Gasteiger partial charge in [0.2, 0.25) is 0 Å². The zero-order valence-electron chi connectivity index (χ0n) is 10.7. The van der Waals surface area contributed by atoms with Crippen LogP contribution >= 0.6 is 12.4 Å². The van der Waals surface area contributed by atoms with Gasteiger partial charge in [0.1, 0.15) is 6.61 Å². The number of rotatable bonds is 3. The number of amides is 1. The normalized spacial score (nSPS) is 22.6. The lowest BCUT2D eigenvalue weighted by atomic mass is 10.1. The van der Waals surface area contributed by atoms with Gasteiger partial charge in [-0.15, -0.1) is 12.4 Å². The summed E-state index contributed by atoms with van der Waals surface area (Å²) in [6.07, 6.45) is 3.02. The molecule has 1 spiro atoms. The molecular weight excluding hydrogens is 264 g/mol. The molecule has 0 radical (unpaired) electrons. The Labute approximate surface area is 119 Å². The van der Waals surface area contributed by atoms with Gasteiger partial charge in [-0.1, -0.05) is 30.3 Å². The first-order valence-electron chi connectivity index (χ1n) is 6.51. The first kappa shape index (κ1) is 14.2. The summed E-state index contributed by atoms with van der Waals surface area (Å²) in [5.74, 6) is 0. The zero-order chi connectivity index (χ0) is 12.4. The molecule has 1 unspecified atom stereocenters. The molecule has 1 heterocycles. The highest BCUT2D eigenvalue weighted by Gasteiger charge is 2.52. The van der Waals surface area contributed by atoms with Crippen molar-refractivity contribution in [2.75, 3.05) is 6.54 Å². The fraction of sp³-hybridized carbons (Fsp3) is 0.500. The number of nitrogens with one attached hydrogen (secondary N) is 2. The van der Waals surface area contributed by atoms with Crippen molar-refractivity contribution in [2.45, 2.75) is 37.5 Å². The third-order valence-electron chi connectivity index (χ3n) is 3.87. The largest absolute Gasteiger partial charge is 0.445 e. The van der Waals surface area contributed by atoms with Crippen molar-refractivity contribution in [1.82, 2.24) is 10.6 Å². The third-order valence-corrected chi connectivity index (χ3v) is 3.87. The Morgan fingerprint density at radius 2 is 2.11 bits per heavy atom. The Balaban J connectivity index is 0.00000133. The molecule has 5 heteroatoms. The number of carbonyl (C=O) groups excluding carboxylic acids is 1. The van der Waals surface area contributed by atoms with Crippen LogP contribution in [0.5, 0.6) is 0 Å². The third kappa shape index (κ3) is 3.19. The lowest BCUT2D eigenvalue weighted by molar-refractivity contribution is 0.134. The minimum atomic E-state index is -0.307. The summed E-state index contributed by atoms with van der Waals surface area (Å²) in [4.78, 5) is 11.7. The van der Waals surface area contributed by atoms with E-state index >= 15 is 0 Å². The molecular formula is C14H19ClN2O2. The number of ether oxygens (including phenoxy) is 1. The van der Waals surface area contributed by atoms with E-state index in [0.29, 0.717) is 6.61 Å². The monoisotopic (exact) mass is 282 g/mol. The van der Waals surface area contributed by atoms with Crippen LogP contribution in [-0.2, 0) is 11.3 Å². The van der Waals surface area contributed by atoms with Crippen molar-refractivity contribution in [2.24, 2.45) is 0 Å². The van der Waals surface area contributed by atoms with Gasteiger partial charge in [-0.25, -0.2) is 4.79 Å². The predicted molar refractivity (Wildman–Crippen MR) is 75.4 cm³/mol. The fourth-order valence-electron chi connectivity index (χ4n) is 2.64. The number of hydrogen-bond acceptors (Lipinski definition) is 3. The van der Waals surface area contributed by atoms with Crippen molar-refractivity contribution in [3.63, 3.8) is 0 Å². The molecule has 0 aromatic heterocycles. The number of benzene rings is 1. The first-order chi connectivity index (χ1) is 8.78. The van der Waals surface area contributed by atoms with Crippen molar-refractivity contribution in [1.29, 1.82) is 0 Å². The van der Waals surface area contributed by atoms with Gasteiger partial charge in [0.25, 0.3) is 0 Å². The van der Waals surface area contributed by atoms with Crippen LogP contribution in [0.4, 0.5) is 4.79 Å². The summed E-state index contributed by atoms with van der Waals surface area (Å²) in [5, 5.41) is 6.44. The lowest BCUT2D eigenvalue weighted by Crippen LogP contribution is -2.45. The Morgan fingerprint density at radius 1 is 1.37 bits per heavy atom. The van der Waals surface area contributed by atoms with Crippen LogP contribution in [-0.4, -0.2) is 24.2 Å². The predicted octanol–water partition coefficient (Wildman–Crippen LogP) is 2.23. The second kappa shape index (κ2) is 5.80. The van der Waals surface area contributed by atoms with Crippen LogP contribution in [0, 0.1) is 0 Å². The van der Waals surface area contributed by atoms with Crippen molar-refractivity contribution in [3.8, 4) is 0 Å². The molecule has 0 bridgehead atoms. The van der Waals surface area contributed by atoms with Crippen LogP contribution in [0.15, 0.2) is 30.3 Å². The van der Waals surface area contributed by atoms with Crippen LogP contribution < -0.4 is 10.6 Å². The second-order valence-electron chi connectivity index (χ2n) is 5.13. The van der Waals surface area contributed by atoms with E-state index in [-0.39, 0.29) is 30.1 Å². The molecule has 1 aliphatic heterocycles. The summed E-state index contributed by atoms with van der Waals surface area (Å²) >= 11 is 0.